The molecule has 1 aliphatic carbocycles. The standard InChI is InChI=1S/C18H29N3O2/c1-3-22-9-10-23-17-11-14(2)7-8-16(17)13-21-18(19)20-12-15-5-4-6-15/h7-8,11,15H,3-6,9-10,12-13H2,1-2H3,(H3,19,20,21). The van der Waals surface area contributed by atoms with E-state index >= 15 is 0 Å². The number of hydrogen-bond acceptors (Lipinski definition) is 3. The Bertz CT molecular complexity index is 513. The van der Waals surface area contributed by atoms with Crippen LogP contribution >= 0.6 is 0 Å². The summed E-state index contributed by atoms with van der Waals surface area (Å²) in [5.74, 6) is 2.14. The highest BCUT2D eigenvalue weighted by Crippen LogP contribution is 2.25. The average Bonchev–Trinajstić information content (AvgIpc) is 2.49. The van der Waals surface area contributed by atoms with E-state index in [1.807, 2.05) is 19.1 Å². The lowest BCUT2D eigenvalue weighted by Crippen LogP contribution is -2.37. The third-order valence-electron chi connectivity index (χ3n) is 4.13. The van der Waals surface area contributed by atoms with Gasteiger partial charge in [-0.15, -0.1) is 0 Å². The highest BCUT2D eigenvalue weighted by molar-refractivity contribution is 5.77. The molecule has 0 atom stereocenters. The second-order valence-electron chi connectivity index (χ2n) is 6.04. The quantitative estimate of drug-likeness (QED) is 0.417. The normalized spacial score (nSPS) is 15.3. The molecule has 0 heterocycles. The molecule has 23 heavy (non-hydrogen) atoms. The van der Waals surface area contributed by atoms with Gasteiger partial charge in [0, 0.05) is 18.7 Å². The predicted octanol–water partition coefficient (Wildman–Crippen LogP) is 2.61. The van der Waals surface area contributed by atoms with Crippen molar-refractivity contribution in [2.45, 2.75) is 39.7 Å². The summed E-state index contributed by atoms with van der Waals surface area (Å²) < 4.78 is 11.1. The maximum atomic E-state index is 5.95. The highest BCUT2D eigenvalue weighted by atomic mass is 16.5. The second kappa shape index (κ2) is 9.40. The Morgan fingerprint density at radius 1 is 1.35 bits per heavy atom. The summed E-state index contributed by atoms with van der Waals surface area (Å²) in [4.78, 5) is 4.43. The van der Waals surface area contributed by atoms with Gasteiger partial charge in [-0.3, -0.25) is 0 Å². The molecular formula is C18H29N3O2. The Morgan fingerprint density at radius 3 is 2.87 bits per heavy atom. The molecule has 5 heteroatoms. The van der Waals surface area contributed by atoms with Crippen molar-refractivity contribution in [3.63, 3.8) is 0 Å². The molecule has 1 aromatic rings. The predicted molar refractivity (Wildman–Crippen MR) is 93.8 cm³/mol. The van der Waals surface area contributed by atoms with Crippen molar-refractivity contribution in [2.75, 3.05) is 26.4 Å². The van der Waals surface area contributed by atoms with Gasteiger partial charge in [-0.25, -0.2) is 4.99 Å². The highest BCUT2D eigenvalue weighted by Gasteiger charge is 2.16. The van der Waals surface area contributed by atoms with Crippen LogP contribution in [0.2, 0.25) is 0 Å². The monoisotopic (exact) mass is 319 g/mol. The lowest BCUT2D eigenvalue weighted by molar-refractivity contribution is 0.110. The maximum Gasteiger partial charge on any atom is 0.188 e. The van der Waals surface area contributed by atoms with Gasteiger partial charge in [-0.05, 0) is 44.2 Å². The summed E-state index contributed by atoms with van der Waals surface area (Å²) in [6.07, 6.45) is 3.95. The molecule has 1 aromatic carbocycles. The topological polar surface area (TPSA) is 68.9 Å². The van der Waals surface area contributed by atoms with Crippen LogP contribution in [-0.4, -0.2) is 32.3 Å². The fraction of sp³-hybridized carbons (Fsp3) is 0.611. The molecule has 0 amide bonds. The molecule has 0 saturated heterocycles. The lowest BCUT2D eigenvalue weighted by atomic mass is 9.85. The molecule has 5 nitrogen and oxygen atoms in total. The van der Waals surface area contributed by atoms with Crippen molar-refractivity contribution in [3.05, 3.63) is 29.3 Å². The fourth-order valence-corrected chi connectivity index (χ4v) is 2.45. The largest absolute Gasteiger partial charge is 0.491 e. The van der Waals surface area contributed by atoms with E-state index in [0.717, 1.165) is 23.8 Å². The minimum absolute atomic E-state index is 0.512. The molecule has 0 bridgehead atoms. The van der Waals surface area contributed by atoms with Gasteiger partial charge < -0.3 is 20.5 Å². The van der Waals surface area contributed by atoms with Crippen molar-refractivity contribution in [1.29, 1.82) is 0 Å². The molecule has 0 aromatic heterocycles. The third-order valence-corrected chi connectivity index (χ3v) is 4.13. The molecular weight excluding hydrogens is 290 g/mol. The van der Waals surface area contributed by atoms with Crippen LogP contribution in [0.5, 0.6) is 5.75 Å². The number of hydrogen-bond donors (Lipinski definition) is 2. The van der Waals surface area contributed by atoms with E-state index in [1.54, 1.807) is 0 Å². The number of benzene rings is 1. The summed E-state index contributed by atoms with van der Waals surface area (Å²) in [5, 5.41) is 3.21. The van der Waals surface area contributed by atoms with E-state index in [1.165, 1.54) is 24.8 Å². The minimum atomic E-state index is 0.512. The molecule has 3 N–H and O–H groups in total. The first-order valence-electron chi connectivity index (χ1n) is 8.53. The smallest absolute Gasteiger partial charge is 0.188 e. The van der Waals surface area contributed by atoms with Crippen molar-refractivity contribution in [2.24, 2.45) is 16.6 Å². The van der Waals surface area contributed by atoms with Crippen LogP contribution in [0.3, 0.4) is 0 Å². The molecule has 0 aliphatic heterocycles. The van der Waals surface area contributed by atoms with Crippen LogP contribution in [0.15, 0.2) is 23.2 Å². The van der Waals surface area contributed by atoms with Crippen LogP contribution < -0.4 is 15.8 Å². The molecule has 0 unspecified atom stereocenters. The van der Waals surface area contributed by atoms with Gasteiger partial charge in [0.05, 0.1) is 13.2 Å². The number of nitrogens with zero attached hydrogens (tertiary/aromatic N) is 1. The number of guanidine groups is 1. The summed E-state index contributed by atoms with van der Waals surface area (Å²) >= 11 is 0. The molecule has 1 aliphatic rings. The van der Waals surface area contributed by atoms with Gasteiger partial charge in [-0.1, -0.05) is 18.6 Å². The minimum Gasteiger partial charge on any atom is -0.491 e. The number of nitrogens with two attached hydrogens (primary N) is 1. The second-order valence-corrected chi connectivity index (χ2v) is 6.04. The number of rotatable bonds is 9. The third kappa shape index (κ3) is 6.10. The Kier molecular flexibility index (Phi) is 7.20. The Morgan fingerprint density at radius 2 is 2.17 bits per heavy atom. The van der Waals surface area contributed by atoms with Crippen molar-refractivity contribution in [1.82, 2.24) is 5.32 Å². The number of ether oxygens (including phenoxy) is 2. The molecule has 0 spiro atoms. The van der Waals surface area contributed by atoms with Gasteiger partial charge in [0.15, 0.2) is 5.96 Å². The zero-order valence-corrected chi connectivity index (χ0v) is 14.3. The molecule has 0 radical (unpaired) electrons. The number of aryl methyl sites for hydroxylation is 1. The first-order chi connectivity index (χ1) is 11.2. The average molecular weight is 319 g/mol. The van der Waals surface area contributed by atoms with Gasteiger partial charge in [0.25, 0.3) is 0 Å². The van der Waals surface area contributed by atoms with Crippen LogP contribution in [0, 0.1) is 12.8 Å². The summed E-state index contributed by atoms with van der Waals surface area (Å²) in [7, 11) is 0. The molecule has 1 fully saturated rings. The number of nitrogens with one attached hydrogen (secondary N) is 1. The van der Waals surface area contributed by atoms with Crippen molar-refractivity contribution < 1.29 is 9.47 Å². The zero-order chi connectivity index (χ0) is 16.5. The summed E-state index contributed by atoms with van der Waals surface area (Å²) in [6.45, 7) is 7.33. The van der Waals surface area contributed by atoms with E-state index in [0.29, 0.717) is 32.3 Å². The molecule has 128 valence electrons. The van der Waals surface area contributed by atoms with Crippen LogP contribution in [-0.2, 0) is 11.3 Å². The van der Waals surface area contributed by atoms with Crippen LogP contribution in [0.1, 0.15) is 37.3 Å². The Hall–Kier alpha value is -1.75. The first-order valence-corrected chi connectivity index (χ1v) is 8.53. The van der Waals surface area contributed by atoms with Crippen molar-refractivity contribution in [3.8, 4) is 5.75 Å². The number of aliphatic imine (C=N–C) groups is 1. The van der Waals surface area contributed by atoms with Crippen LogP contribution in [0.4, 0.5) is 0 Å². The Balaban J connectivity index is 1.86. The lowest BCUT2D eigenvalue weighted by Gasteiger charge is -2.25. The fourth-order valence-electron chi connectivity index (χ4n) is 2.45. The van der Waals surface area contributed by atoms with Crippen molar-refractivity contribution >= 4 is 5.96 Å². The summed E-state index contributed by atoms with van der Waals surface area (Å²) in [5.41, 5.74) is 8.16. The Labute approximate surface area is 139 Å². The van der Waals surface area contributed by atoms with E-state index in [-0.39, 0.29) is 0 Å². The van der Waals surface area contributed by atoms with Gasteiger partial charge in [-0.2, -0.15) is 0 Å². The molecule has 1 saturated carbocycles. The van der Waals surface area contributed by atoms with Gasteiger partial charge >= 0.3 is 0 Å². The van der Waals surface area contributed by atoms with E-state index < -0.39 is 0 Å². The van der Waals surface area contributed by atoms with Crippen LogP contribution in [0.25, 0.3) is 0 Å². The summed E-state index contributed by atoms with van der Waals surface area (Å²) in [6, 6.07) is 6.15. The first kappa shape index (κ1) is 17.6. The van der Waals surface area contributed by atoms with E-state index in [2.05, 4.69) is 23.3 Å². The SMILES string of the molecule is CCOCCOc1cc(C)ccc1CN=C(N)NCC1CCC1. The maximum absolute atomic E-state index is 5.95. The van der Waals surface area contributed by atoms with Gasteiger partial charge in [0.1, 0.15) is 12.4 Å². The van der Waals surface area contributed by atoms with Gasteiger partial charge in [0.2, 0.25) is 0 Å². The van der Waals surface area contributed by atoms with E-state index in [4.69, 9.17) is 15.2 Å². The molecule has 2 rings (SSSR count). The zero-order valence-electron chi connectivity index (χ0n) is 14.3. The van der Waals surface area contributed by atoms with E-state index in [9.17, 15) is 0 Å².